The summed E-state index contributed by atoms with van der Waals surface area (Å²) in [6, 6.07) is 8.85. The first-order valence-electron chi connectivity index (χ1n) is 18.2. The lowest BCUT2D eigenvalue weighted by Crippen LogP contribution is -2.28. The fourth-order valence-electron chi connectivity index (χ4n) is 5.16. The minimum atomic E-state index is 0.683. The molecule has 0 radical (unpaired) electrons. The van der Waals surface area contributed by atoms with Crippen molar-refractivity contribution in [3.63, 3.8) is 0 Å². The Bertz CT molecular complexity index is 1530. The standard InChI is InChI=1S/C25H28N6O.C12H27N.C4H6/c1-5-7-19-15-22-24(29-18(19)4)25(27-16-26-22)30-20-8-9-23(17(3)14-20)32-21-10-12-31(13-11-21)28-6-2;1-5-11(4)9-8-10-13-12(6-2)7-3;1-3-4-2/h6,8-12,14-16H,5,7,13H2,1-4H3,(H,26,27,30);11-13H,5-10H2,1-4H3;1H,4H2,2H3/b28-6-;;. The molecule has 0 bridgehead atoms. The van der Waals surface area contributed by atoms with Gasteiger partial charge in [0.2, 0.25) is 0 Å². The summed E-state index contributed by atoms with van der Waals surface area (Å²) >= 11 is 0. The molecule has 266 valence electrons. The van der Waals surface area contributed by atoms with Crippen molar-refractivity contribution in [1.29, 1.82) is 0 Å². The molecule has 1 aliphatic rings. The van der Waals surface area contributed by atoms with Crippen molar-refractivity contribution in [2.45, 2.75) is 120 Å². The molecule has 0 amide bonds. The number of hydrogen-bond acceptors (Lipinski definition) is 8. The van der Waals surface area contributed by atoms with E-state index in [4.69, 9.17) is 16.1 Å². The second kappa shape index (κ2) is 23.2. The maximum absolute atomic E-state index is 6.07. The third-order valence-electron chi connectivity index (χ3n) is 8.44. The van der Waals surface area contributed by atoms with Gasteiger partial charge in [-0.25, -0.2) is 15.0 Å². The maximum atomic E-state index is 6.07. The zero-order valence-electron chi connectivity index (χ0n) is 31.6. The number of rotatable bonds is 15. The number of aromatic nitrogens is 3. The second-order valence-corrected chi connectivity index (χ2v) is 12.4. The highest BCUT2D eigenvalue weighted by molar-refractivity contribution is 5.87. The summed E-state index contributed by atoms with van der Waals surface area (Å²) in [6.45, 7) is 21.1. The average Bonchev–Trinajstić information content (AvgIpc) is 3.11. The molecule has 1 unspecified atom stereocenters. The smallest absolute Gasteiger partial charge is 0.160 e. The van der Waals surface area contributed by atoms with Crippen LogP contribution in [0.1, 0.15) is 110 Å². The van der Waals surface area contributed by atoms with Gasteiger partial charge in [0, 0.05) is 36.3 Å². The number of benzene rings is 1. The van der Waals surface area contributed by atoms with Crippen molar-refractivity contribution in [2.75, 3.05) is 18.4 Å². The summed E-state index contributed by atoms with van der Waals surface area (Å²) in [6.07, 6.45) is 23.4. The van der Waals surface area contributed by atoms with Gasteiger partial charge in [0.25, 0.3) is 0 Å². The van der Waals surface area contributed by atoms with Crippen LogP contribution in [0.3, 0.4) is 0 Å². The maximum Gasteiger partial charge on any atom is 0.160 e. The zero-order chi connectivity index (χ0) is 36.0. The lowest BCUT2D eigenvalue weighted by molar-refractivity contribution is 0.393. The van der Waals surface area contributed by atoms with Crippen LogP contribution in [0.4, 0.5) is 11.5 Å². The zero-order valence-corrected chi connectivity index (χ0v) is 31.6. The second-order valence-electron chi connectivity index (χ2n) is 12.4. The van der Waals surface area contributed by atoms with Crippen LogP contribution in [-0.2, 0) is 6.42 Å². The summed E-state index contributed by atoms with van der Waals surface area (Å²) < 4.78 is 6.07. The van der Waals surface area contributed by atoms with Gasteiger partial charge in [-0.2, -0.15) is 5.10 Å². The number of fused-ring (bicyclic) bond motifs is 1. The van der Waals surface area contributed by atoms with E-state index in [9.17, 15) is 0 Å². The predicted octanol–water partition coefficient (Wildman–Crippen LogP) is 10.1. The van der Waals surface area contributed by atoms with E-state index < -0.39 is 0 Å². The Morgan fingerprint density at radius 2 is 1.84 bits per heavy atom. The molecule has 49 heavy (non-hydrogen) atoms. The highest BCUT2D eigenvalue weighted by atomic mass is 16.5. The molecule has 1 aliphatic heterocycles. The van der Waals surface area contributed by atoms with E-state index in [1.54, 1.807) is 12.5 Å². The lowest BCUT2D eigenvalue weighted by atomic mass is 10.0. The van der Waals surface area contributed by atoms with Gasteiger partial charge >= 0.3 is 0 Å². The number of terminal acetylenes is 1. The van der Waals surface area contributed by atoms with Gasteiger partial charge in [-0.15, -0.1) is 12.3 Å². The molecule has 4 rings (SSSR count). The van der Waals surface area contributed by atoms with Gasteiger partial charge in [-0.05, 0) is 113 Å². The van der Waals surface area contributed by atoms with Gasteiger partial charge in [0.15, 0.2) is 5.82 Å². The normalized spacial score (nSPS) is 12.9. The Hall–Kier alpha value is -4.22. The average molecular weight is 668 g/mol. The molecule has 0 fully saturated rings. The third kappa shape index (κ3) is 14.4. The summed E-state index contributed by atoms with van der Waals surface area (Å²) in [7, 11) is 0. The van der Waals surface area contributed by atoms with Crippen molar-refractivity contribution in [3.05, 3.63) is 71.5 Å². The van der Waals surface area contributed by atoms with Crippen LogP contribution in [0.25, 0.3) is 11.0 Å². The van der Waals surface area contributed by atoms with E-state index in [-0.39, 0.29) is 0 Å². The fraction of sp³-hybridized carbons (Fsp3) is 0.512. The van der Waals surface area contributed by atoms with Crippen LogP contribution >= 0.6 is 0 Å². The first kappa shape index (κ1) is 41.0. The van der Waals surface area contributed by atoms with E-state index in [2.05, 4.69) is 72.3 Å². The molecular formula is C41H61N7O. The van der Waals surface area contributed by atoms with Gasteiger partial charge in [0.1, 0.15) is 23.4 Å². The van der Waals surface area contributed by atoms with Gasteiger partial charge < -0.3 is 15.4 Å². The van der Waals surface area contributed by atoms with Crippen LogP contribution in [0.2, 0.25) is 0 Å². The van der Waals surface area contributed by atoms with E-state index >= 15 is 0 Å². The number of ether oxygens (including phenoxy) is 1. The van der Waals surface area contributed by atoms with E-state index in [1.165, 1.54) is 44.2 Å². The molecule has 8 heteroatoms. The predicted molar refractivity (Wildman–Crippen MR) is 209 cm³/mol. The number of nitrogens with zero attached hydrogens (tertiary/aromatic N) is 5. The SMILES string of the molecule is C#CCC.C/C=N\N1C=CC(Oc2ccc(Nc3ncnc4cc(CCC)c(C)nc34)cc2C)=CC1.CCC(C)CCCNC(CC)CC. The van der Waals surface area contributed by atoms with Crippen molar-refractivity contribution in [3.8, 4) is 18.1 Å². The molecule has 1 atom stereocenters. The van der Waals surface area contributed by atoms with Crippen molar-refractivity contribution in [2.24, 2.45) is 11.0 Å². The van der Waals surface area contributed by atoms with Crippen molar-refractivity contribution in [1.82, 2.24) is 25.3 Å². The molecule has 2 N–H and O–H groups in total. The van der Waals surface area contributed by atoms with E-state index in [1.807, 2.05) is 69.3 Å². The highest BCUT2D eigenvalue weighted by Gasteiger charge is 2.12. The molecule has 0 spiro atoms. The van der Waals surface area contributed by atoms with Gasteiger partial charge in [0.05, 0.1) is 12.1 Å². The topological polar surface area (TPSA) is 87.6 Å². The number of pyridine rings is 1. The summed E-state index contributed by atoms with van der Waals surface area (Å²) in [4.78, 5) is 13.6. The molecule has 3 heterocycles. The lowest BCUT2D eigenvalue weighted by Gasteiger charge is -2.18. The van der Waals surface area contributed by atoms with Gasteiger partial charge in [-0.3, -0.25) is 5.01 Å². The molecule has 0 saturated carbocycles. The van der Waals surface area contributed by atoms with Crippen LogP contribution < -0.4 is 15.4 Å². The number of hydrazone groups is 1. The van der Waals surface area contributed by atoms with Crippen LogP contribution in [0.5, 0.6) is 5.75 Å². The molecule has 8 nitrogen and oxygen atoms in total. The first-order chi connectivity index (χ1) is 23.7. The number of aryl methyl sites for hydroxylation is 3. The monoisotopic (exact) mass is 667 g/mol. The fourth-order valence-corrected chi connectivity index (χ4v) is 5.16. The minimum absolute atomic E-state index is 0.683. The summed E-state index contributed by atoms with van der Waals surface area (Å²) in [5.74, 6) is 5.65. The summed E-state index contributed by atoms with van der Waals surface area (Å²) in [5.41, 5.74) is 5.83. The largest absolute Gasteiger partial charge is 0.457 e. The summed E-state index contributed by atoms with van der Waals surface area (Å²) in [5, 5.41) is 13.1. The van der Waals surface area contributed by atoms with Gasteiger partial charge in [-0.1, -0.05) is 54.4 Å². The molecular weight excluding hydrogens is 606 g/mol. The van der Waals surface area contributed by atoms with Crippen molar-refractivity contribution < 1.29 is 4.74 Å². The third-order valence-corrected chi connectivity index (χ3v) is 8.44. The number of nitrogens with one attached hydrogen (secondary N) is 2. The molecule has 0 saturated heterocycles. The Kier molecular flexibility index (Phi) is 19.4. The van der Waals surface area contributed by atoms with E-state index in [0.29, 0.717) is 12.4 Å². The molecule has 3 aromatic rings. The van der Waals surface area contributed by atoms with Crippen molar-refractivity contribution >= 4 is 28.8 Å². The Balaban J connectivity index is 0.000000410. The van der Waals surface area contributed by atoms with E-state index in [0.717, 1.165) is 70.7 Å². The molecule has 2 aromatic heterocycles. The number of hydrogen-bond donors (Lipinski definition) is 2. The van der Waals surface area contributed by atoms with Crippen LogP contribution in [0, 0.1) is 32.1 Å². The molecule has 0 aliphatic carbocycles. The Morgan fingerprint density at radius 3 is 2.43 bits per heavy atom. The quantitative estimate of drug-likeness (QED) is 0.0947. The Morgan fingerprint density at radius 1 is 1.08 bits per heavy atom. The Labute approximate surface area is 297 Å². The number of anilines is 2. The first-order valence-corrected chi connectivity index (χ1v) is 18.2. The number of allylic oxidation sites excluding steroid dienone is 1. The van der Waals surface area contributed by atoms with Crippen LogP contribution in [-0.4, -0.2) is 45.3 Å². The minimum Gasteiger partial charge on any atom is -0.457 e. The van der Waals surface area contributed by atoms with Crippen LogP contribution in [0.15, 0.2) is 59.8 Å². The molecule has 1 aromatic carbocycles. The highest BCUT2D eigenvalue weighted by Crippen LogP contribution is 2.28.